The maximum atomic E-state index is 11.8. The summed E-state index contributed by atoms with van der Waals surface area (Å²) in [5, 5.41) is 11.5. The standard InChI is InChI=1S/C13H14N4O3/c18-12(10-2-3-11(13(19)20)16-8-10)15-4-1-6-17-7-5-14-9-17/h2-3,5,7-9H,1,4,6H2,(H,15,18)(H,19,20). The van der Waals surface area contributed by atoms with Gasteiger partial charge < -0.3 is 15.0 Å². The van der Waals surface area contributed by atoms with Crippen molar-refractivity contribution in [2.24, 2.45) is 0 Å². The highest BCUT2D eigenvalue weighted by atomic mass is 16.4. The van der Waals surface area contributed by atoms with Crippen LogP contribution in [0, 0.1) is 0 Å². The Morgan fingerprint density at radius 3 is 2.80 bits per heavy atom. The van der Waals surface area contributed by atoms with Crippen LogP contribution in [0.3, 0.4) is 0 Å². The second-order valence-electron chi connectivity index (χ2n) is 4.15. The largest absolute Gasteiger partial charge is 0.477 e. The summed E-state index contributed by atoms with van der Waals surface area (Å²) in [5.41, 5.74) is 0.263. The number of aryl methyl sites for hydroxylation is 1. The molecule has 1 amide bonds. The van der Waals surface area contributed by atoms with Gasteiger partial charge in [0.25, 0.3) is 5.91 Å². The zero-order valence-electron chi connectivity index (χ0n) is 10.7. The van der Waals surface area contributed by atoms with Crippen molar-refractivity contribution in [3.8, 4) is 0 Å². The quantitative estimate of drug-likeness (QED) is 0.759. The molecule has 2 N–H and O–H groups in total. The summed E-state index contributed by atoms with van der Waals surface area (Å²) in [6.45, 7) is 1.30. The Morgan fingerprint density at radius 1 is 1.35 bits per heavy atom. The van der Waals surface area contributed by atoms with Gasteiger partial charge in [0.05, 0.1) is 11.9 Å². The van der Waals surface area contributed by atoms with Gasteiger partial charge in [0.1, 0.15) is 5.69 Å². The van der Waals surface area contributed by atoms with Crippen LogP contribution in [0.4, 0.5) is 0 Å². The number of nitrogens with one attached hydrogen (secondary N) is 1. The molecule has 2 aromatic heterocycles. The molecule has 2 heterocycles. The van der Waals surface area contributed by atoms with Gasteiger partial charge >= 0.3 is 5.97 Å². The Kier molecular flexibility index (Phi) is 4.43. The second kappa shape index (κ2) is 6.46. The number of hydrogen-bond donors (Lipinski definition) is 2. The number of rotatable bonds is 6. The molecule has 7 heteroatoms. The van der Waals surface area contributed by atoms with Gasteiger partial charge in [-0.15, -0.1) is 0 Å². The third-order valence-corrected chi connectivity index (χ3v) is 2.68. The first-order valence-electron chi connectivity index (χ1n) is 6.10. The molecule has 0 bridgehead atoms. The van der Waals surface area contributed by atoms with E-state index in [-0.39, 0.29) is 11.6 Å². The van der Waals surface area contributed by atoms with Gasteiger partial charge in [0.15, 0.2) is 0 Å². The molecule has 0 unspecified atom stereocenters. The fourth-order valence-electron chi connectivity index (χ4n) is 1.64. The normalized spacial score (nSPS) is 10.2. The molecule has 7 nitrogen and oxygen atoms in total. The fraction of sp³-hybridized carbons (Fsp3) is 0.231. The lowest BCUT2D eigenvalue weighted by molar-refractivity contribution is 0.0689. The molecule has 0 aliphatic carbocycles. The van der Waals surface area contributed by atoms with E-state index < -0.39 is 5.97 Å². The highest BCUT2D eigenvalue weighted by Crippen LogP contribution is 2.00. The molecule has 0 fully saturated rings. The van der Waals surface area contributed by atoms with Crippen molar-refractivity contribution in [2.45, 2.75) is 13.0 Å². The number of carbonyl (C=O) groups excluding carboxylic acids is 1. The van der Waals surface area contributed by atoms with E-state index in [9.17, 15) is 9.59 Å². The van der Waals surface area contributed by atoms with Crippen molar-refractivity contribution in [3.63, 3.8) is 0 Å². The third-order valence-electron chi connectivity index (χ3n) is 2.68. The molecule has 0 spiro atoms. The lowest BCUT2D eigenvalue weighted by atomic mass is 10.2. The molecule has 0 radical (unpaired) electrons. The Morgan fingerprint density at radius 2 is 2.20 bits per heavy atom. The zero-order chi connectivity index (χ0) is 14.4. The van der Waals surface area contributed by atoms with E-state index in [0.29, 0.717) is 12.1 Å². The number of carboxylic acid groups (broad SMARTS) is 1. The minimum atomic E-state index is -1.11. The van der Waals surface area contributed by atoms with Crippen LogP contribution in [0.5, 0.6) is 0 Å². The van der Waals surface area contributed by atoms with E-state index in [0.717, 1.165) is 13.0 Å². The monoisotopic (exact) mass is 274 g/mol. The topological polar surface area (TPSA) is 97.1 Å². The third kappa shape index (κ3) is 3.64. The minimum absolute atomic E-state index is 0.0818. The van der Waals surface area contributed by atoms with E-state index in [1.807, 2.05) is 10.8 Å². The summed E-state index contributed by atoms with van der Waals surface area (Å²) in [5.74, 6) is -1.38. The molecule has 2 aromatic rings. The number of hydrogen-bond acceptors (Lipinski definition) is 4. The first kappa shape index (κ1) is 13.7. The summed E-state index contributed by atoms with van der Waals surface area (Å²) in [6.07, 6.45) is 7.32. The van der Waals surface area contributed by atoms with E-state index in [2.05, 4.69) is 15.3 Å². The number of carboxylic acids is 1. The van der Waals surface area contributed by atoms with E-state index in [1.165, 1.54) is 18.3 Å². The minimum Gasteiger partial charge on any atom is -0.477 e. The van der Waals surface area contributed by atoms with E-state index in [4.69, 9.17) is 5.11 Å². The van der Waals surface area contributed by atoms with Crippen LogP contribution >= 0.6 is 0 Å². The molecule has 0 saturated carbocycles. The van der Waals surface area contributed by atoms with Gasteiger partial charge in [-0.25, -0.2) is 14.8 Å². The van der Waals surface area contributed by atoms with Crippen LogP contribution in [-0.4, -0.2) is 38.1 Å². The first-order chi connectivity index (χ1) is 9.66. The van der Waals surface area contributed by atoms with Crippen LogP contribution in [0.15, 0.2) is 37.1 Å². The molecule has 20 heavy (non-hydrogen) atoms. The van der Waals surface area contributed by atoms with E-state index >= 15 is 0 Å². The predicted octanol–water partition coefficient (Wildman–Crippen LogP) is 0.796. The number of aromatic carboxylic acids is 1. The van der Waals surface area contributed by atoms with Crippen LogP contribution in [0.25, 0.3) is 0 Å². The zero-order valence-corrected chi connectivity index (χ0v) is 10.7. The predicted molar refractivity (Wildman–Crippen MR) is 70.4 cm³/mol. The molecule has 0 aromatic carbocycles. The average molecular weight is 274 g/mol. The molecule has 0 atom stereocenters. The van der Waals surface area contributed by atoms with Gasteiger partial charge in [-0.2, -0.15) is 0 Å². The maximum absolute atomic E-state index is 11.8. The van der Waals surface area contributed by atoms with Crippen LogP contribution < -0.4 is 5.32 Å². The van der Waals surface area contributed by atoms with Gasteiger partial charge in [0.2, 0.25) is 0 Å². The lowest BCUT2D eigenvalue weighted by Gasteiger charge is -2.05. The van der Waals surface area contributed by atoms with Crippen LogP contribution in [0.2, 0.25) is 0 Å². The van der Waals surface area contributed by atoms with Crippen LogP contribution in [-0.2, 0) is 6.54 Å². The Balaban J connectivity index is 1.78. The van der Waals surface area contributed by atoms with Crippen molar-refractivity contribution in [2.75, 3.05) is 6.54 Å². The van der Waals surface area contributed by atoms with Crippen molar-refractivity contribution >= 4 is 11.9 Å². The van der Waals surface area contributed by atoms with Crippen molar-refractivity contribution in [1.29, 1.82) is 0 Å². The molecule has 0 aliphatic heterocycles. The SMILES string of the molecule is O=C(NCCCn1ccnc1)c1ccc(C(=O)O)nc1. The van der Waals surface area contributed by atoms with Gasteiger partial charge in [-0.3, -0.25) is 4.79 Å². The van der Waals surface area contributed by atoms with Gasteiger partial charge in [0, 0.05) is 31.7 Å². The van der Waals surface area contributed by atoms with Crippen LogP contribution in [0.1, 0.15) is 27.3 Å². The molecule has 104 valence electrons. The number of imidazole rings is 1. The number of nitrogens with zero attached hydrogens (tertiary/aromatic N) is 3. The first-order valence-corrected chi connectivity index (χ1v) is 6.10. The molecular formula is C13H14N4O3. The number of aromatic nitrogens is 3. The number of amides is 1. The fourth-order valence-corrected chi connectivity index (χ4v) is 1.64. The maximum Gasteiger partial charge on any atom is 0.354 e. The van der Waals surface area contributed by atoms with Crippen molar-refractivity contribution in [3.05, 3.63) is 48.3 Å². The Labute approximate surface area is 115 Å². The summed E-state index contributed by atoms with van der Waals surface area (Å²) >= 11 is 0. The smallest absolute Gasteiger partial charge is 0.354 e. The Bertz CT molecular complexity index is 578. The average Bonchev–Trinajstić information content (AvgIpc) is 2.96. The second-order valence-corrected chi connectivity index (χ2v) is 4.15. The van der Waals surface area contributed by atoms with Crippen molar-refractivity contribution < 1.29 is 14.7 Å². The number of pyridine rings is 1. The molecule has 0 aliphatic rings. The van der Waals surface area contributed by atoms with E-state index in [1.54, 1.807) is 12.5 Å². The van der Waals surface area contributed by atoms with Crippen molar-refractivity contribution in [1.82, 2.24) is 19.9 Å². The lowest BCUT2D eigenvalue weighted by Crippen LogP contribution is -2.25. The Hall–Kier alpha value is -2.70. The number of carbonyl (C=O) groups is 2. The highest BCUT2D eigenvalue weighted by molar-refractivity contribution is 5.94. The van der Waals surface area contributed by atoms with Gasteiger partial charge in [-0.1, -0.05) is 0 Å². The molecular weight excluding hydrogens is 260 g/mol. The molecule has 0 saturated heterocycles. The van der Waals surface area contributed by atoms with Gasteiger partial charge in [-0.05, 0) is 18.6 Å². The highest BCUT2D eigenvalue weighted by Gasteiger charge is 2.08. The summed E-state index contributed by atoms with van der Waals surface area (Å²) in [4.78, 5) is 30.0. The summed E-state index contributed by atoms with van der Waals surface area (Å²) in [7, 11) is 0. The molecule has 2 rings (SSSR count). The summed E-state index contributed by atoms with van der Waals surface area (Å²) < 4.78 is 1.93. The summed E-state index contributed by atoms with van der Waals surface area (Å²) in [6, 6.07) is 2.75.